The lowest BCUT2D eigenvalue weighted by Crippen LogP contribution is -2.04. The third-order valence-electron chi connectivity index (χ3n) is 1.99. The van der Waals surface area contributed by atoms with Crippen molar-refractivity contribution < 1.29 is 22.7 Å². The van der Waals surface area contributed by atoms with Crippen molar-refractivity contribution in [1.82, 2.24) is 0 Å². The quantitative estimate of drug-likeness (QED) is 0.744. The molecular formula is C11H11F3O2. The number of hydrogen-bond acceptors (Lipinski definition) is 2. The molecule has 5 heteroatoms. The maximum Gasteiger partial charge on any atom is 0.264 e. The molecule has 0 aliphatic rings. The summed E-state index contributed by atoms with van der Waals surface area (Å²) >= 11 is 0. The van der Waals surface area contributed by atoms with E-state index in [2.05, 4.69) is 0 Å². The Hall–Kier alpha value is -1.52. The lowest BCUT2D eigenvalue weighted by molar-refractivity contribution is 0.101. The van der Waals surface area contributed by atoms with E-state index in [0.29, 0.717) is 0 Å². The van der Waals surface area contributed by atoms with Crippen LogP contribution in [0.15, 0.2) is 12.1 Å². The number of ether oxygens (including phenoxy) is 1. The van der Waals surface area contributed by atoms with Gasteiger partial charge in [0.05, 0.1) is 12.2 Å². The van der Waals surface area contributed by atoms with Gasteiger partial charge in [-0.1, -0.05) is 0 Å². The molecule has 0 saturated heterocycles. The van der Waals surface area contributed by atoms with Gasteiger partial charge >= 0.3 is 0 Å². The highest BCUT2D eigenvalue weighted by Gasteiger charge is 2.18. The van der Waals surface area contributed by atoms with E-state index >= 15 is 0 Å². The summed E-state index contributed by atoms with van der Waals surface area (Å²) in [5.41, 5.74) is -0.795. The second-order valence-corrected chi connectivity index (χ2v) is 3.17. The van der Waals surface area contributed by atoms with Gasteiger partial charge in [-0.25, -0.2) is 13.2 Å². The van der Waals surface area contributed by atoms with Crippen LogP contribution in [0.2, 0.25) is 0 Å². The Morgan fingerprint density at radius 1 is 1.44 bits per heavy atom. The summed E-state index contributed by atoms with van der Waals surface area (Å²) in [6.07, 6.45) is -2.77. The number of carbonyl (C=O) groups excluding carboxylic acids is 1. The predicted octanol–water partition coefficient (Wildman–Crippen LogP) is 3.36. The van der Waals surface area contributed by atoms with Crippen molar-refractivity contribution >= 4 is 5.78 Å². The number of alkyl halides is 2. The molecule has 0 spiro atoms. The number of benzene rings is 1. The number of Topliss-reactive ketones (excluding diaryl/α,β-unsaturated/α-hetero) is 1. The summed E-state index contributed by atoms with van der Waals surface area (Å²) in [5.74, 6) is -1.81. The topological polar surface area (TPSA) is 26.3 Å². The summed E-state index contributed by atoms with van der Waals surface area (Å²) in [6.45, 7) is 2.85. The third kappa shape index (κ3) is 2.53. The van der Waals surface area contributed by atoms with E-state index in [-0.39, 0.29) is 17.9 Å². The van der Waals surface area contributed by atoms with Crippen LogP contribution in [0.1, 0.15) is 36.2 Å². The average molecular weight is 232 g/mol. The Bertz CT molecular complexity index is 402. The molecule has 0 aromatic heterocycles. The Labute approximate surface area is 91.0 Å². The summed E-state index contributed by atoms with van der Waals surface area (Å²) in [4.78, 5) is 11.1. The van der Waals surface area contributed by atoms with Crippen molar-refractivity contribution in [2.45, 2.75) is 20.3 Å². The molecule has 0 saturated carbocycles. The van der Waals surface area contributed by atoms with Crippen LogP contribution in [-0.4, -0.2) is 12.4 Å². The Morgan fingerprint density at radius 2 is 2.06 bits per heavy atom. The normalized spacial score (nSPS) is 10.6. The van der Waals surface area contributed by atoms with Crippen LogP contribution in [0.25, 0.3) is 0 Å². The standard InChI is InChI=1S/C11H11F3O2/c1-3-16-9-5-7(11(13)14)4-8(6(2)15)10(9)12/h4-5,11H,3H2,1-2H3. The average Bonchev–Trinajstić information content (AvgIpc) is 2.20. The highest BCUT2D eigenvalue weighted by Crippen LogP contribution is 2.29. The SMILES string of the molecule is CCOc1cc(C(F)F)cc(C(C)=O)c1F. The van der Waals surface area contributed by atoms with Crippen molar-refractivity contribution in [2.24, 2.45) is 0 Å². The Morgan fingerprint density at radius 3 is 2.50 bits per heavy atom. The molecule has 0 radical (unpaired) electrons. The van der Waals surface area contributed by atoms with Crippen LogP contribution in [0.3, 0.4) is 0 Å². The molecule has 2 nitrogen and oxygen atoms in total. The molecule has 16 heavy (non-hydrogen) atoms. The molecule has 0 aliphatic heterocycles. The Kier molecular flexibility index (Phi) is 3.93. The minimum atomic E-state index is -2.77. The van der Waals surface area contributed by atoms with Crippen LogP contribution in [0.5, 0.6) is 5.75 Å². The predicted molar refractivity (Wildman–Crippen MR) is 52.5 cm³/mol. The molecule has 1 rings (SSSR count). The van der Waals surface area contributed by atoms with Crippen LogP contribution in [0, 0.1) is 5.82 Å². The highest BCUT2D eigenvalue weighted by molar-refractivity contribution is 5.95. The first-order valence-corrected chi connectivity index (χ1v) is 4.72. The van der Waals surface area contributed by atoms with Gasteiger partial charge in [0.2, 0.25) is 0 Å². The molecule has 1 aromatic rings. The second-order valence-electron chi connectivity index (χ2n) is 3.17. The van der Waals surface area contributed by atoms with Crippen LogP contribution in [-0.2, 0) is 0 Å². The molecule has 0 N–H and O–H groups in total. The molecule has 0 fully saturated rings. The van der Waals surface area contributed by atoms with Crippen LogP contribution < -0.4 is 4.74 Å². The van der Waals surface area contributed by atoms with E-state index in [4.69, 9.17) is 4.74 Å². The van der Waals surface area contributed by atoms with E-state index in [1.54, 1.807) is 6.92 Å². The number of hydrogen-bond donors (Lipinski definition) is 0. The summed E-state index contributed by atoms with van der Waals surface area (Å²) in [5, 5.41) is 0. The maximum absolute atomic E-state index is 13.6. The van der Waals surface area contributed by atoms with E-state index in [0.717, 1.165) is 19.1 Å². The van der Waals surface area contributed by atoms with Gasteiger partial charge in [-0.15, -0.1) is 0 Å². The molecular weight excluding hydrogens is 221 g/mol. The van der Waals surface area contributed by atoms with E-state index < -0.39 is 23.6 Å². The van der Waals surface area contributed by atoms with Gasteiger partial charge in [0.25, 0.3) is 6.43 Å². The molecule has 1 aromatic carbocycles. The lowest BCUT2D eigenvalue weighted by atomic mass is 10.1. The fourth-order valence-corrected chi connectivity index (χ4v) is 1.26. The van der Waals surface area contributed by atoms with Crippen molar-refractivity contribution in [2.75, 3.05) is 6.61 Å². The summed E-state index contributed by atoms with van der Waals surface area (Å²) in [6, 6.07) is 1.76. The zero-order valence-corrected chi connectivity index (χ0v) is 8.89. The number of ketones is 1. The molecule has 0 aliphatic carbocycles. The van der Waals surface area contributed by atoms with Gasteiger partial charge in [0, 0.05) is 5.56 Å². The minimum absolute atomic E-state index is 0.140. The maximum atomic E-state index is 13.6. The van der Waals surface area contributed by atoms with Crippen molar-refractivity contribution in [3.05, 3.63) is 29.1 Å². The molecule has 0 bridgehead atoms. The largest absolute Gasteiger partial charge is 0.491 e. The molecule has 0 unspecified atom stereocenters. The third-order valence-corrected chi connectivity index (χ3v) is 1.99. The minimum Gasteiger partial charge on any atom is -0.491 e. The van der Waals surface area contributed by atoms with E-state index in [9.17, 15) is 18.0 Å². The molecule has 0 amide bonds. The molecule has 88 valence electrons. The number of carbonyl (C=O) groups is 1. The fraction of sp³-hybridized carbons (Fsp3) is 0.364. The highest BCUT2D eigenvalue weighted by atomic mass is 19.3. The second kappa shape index (κ2) is 5.01. The van der Waals surface area contributed by atoms with Gasteiger partial charge in [0.15, 0.2) is 17.3 Å². The number of halogens is 3. The van der Waals surface area contributed by atoms with Crippen LogP contribution >= 0.6 is 0 Å². The number of rotatable bonds is 4. The van der Waals surface area contributed by atoms with Gasteiger partial charge in [-0.3, -0.25) is 4.79 Å². The fourth-order valence-electron chi connectivity index (χ4n) is 1.26. The summed E-state index contributed by atoms with van der Waals surface area (Å²) in [7, 11) is 0. The van der Waals surface area contributed by atoms with Gasteiger partial charge in [-0.05, 0) is 26.0 Å². The van der Waals surface area contributed by atoms with Crippen molar-refractivity contribution in [3.8, 4) is 5.75 Å². The lowest BCUT2D eigenvalue weighted by Gasteiger charge is -2.10. The first-order chi connectivity index (χ1) is 7.47. The van der Waals surface area contributed by atoms with Crippen LogP contribution in [0.4, 0.5) is 13.2 Å². The first kappa shape index (κ1) is 12.5. The monoisotopic (exact) mass is 232 g/mol. The Balaban J connectivity index is 3.32. The molecule has 0 heterocycles. The first-order valence-electron chi connectivity index (χ1n) is 4.72. The van der Waals surface area contributed by atoms with E-state index in [1.165, 1.54) is 0 Å². The zero-order chi connectivity index (χ0) is 12.3. The summed E-state index contributed by atoms with van der Waals surface area (Å²) < 4.78 is 43.4. The molecule has 0 atom stereocenters. The smallest absolute Gasteiger partial charge is 0.264 e. The van der Waals surface area contributed by atoms with Crippen molar-refractivity contribution in [1.29, 1.82) is 0 Å². The van der Waals surface area contributed by atoms with Crippen molar-refractivity contribution in [3.63, 3.8) is 0 Å². The van der Waals surface area contributed by atoms with Gasteiger partial charge in [0.1, 0.15) is 0 Å². The van der Waals surface area contributed by atoms with Gasteiger partial charge < -0.3 is 4.74 Å². The van der Waals surface area contributed by atoms with E-state index in [1.807, 2.05) is 0 Å². The van der Waals surface area contributed by atoms with Gasteiger partial charge in [-0.2, -0.15) is 0 Å². The zero-order valence-electron chi connectivity index (χ0n) is 8.89.